The number of hydrogen-bond acceptors (Lipinski definition) is 2. The van der Waals surface area contributed by atoms with E-state index >= 15 is 0 Å². The predicted molar refractivity (Wildman–Crippen MR) is 44.3 cm³/mol. The molecule has 0 spiro atoms. The van der Waals surface area contributed by atoms with E-state index in [1.54, 1.807) is 0 Å². The molecule has 0 radical (unpaired) electrons. The lowest BCUT2D eigenvalue weighted by atomic mass is 10.5. The van der Waals surface area contributed by atoms with Crippen molar-refractivity contribution in [1.29, 1.82) is 0 Å². The molecule has 0 aromatic heterocycles. The van der Waals surface area contributed by atoms with Crippen LogP contribution in [0.2, 0.25) is 0 Å². The lowest BCUT2D eigenvalue weighted by Crippen LogP contribution is -1.97. The van der Waals surface area contributed by atoms with Crippen LogP contribution in [0.1, 0.15) is 13.3 Å². The van der Waals surface area contributed by atoms with Crippen molar-refractivity contribution in [2.45, 2.75) is 19.6 Å². The van der Waals surface area contributed by atoms with Crippen molar-refractivity contribution in [1.82, 2.24) is 0 Å². The molecule has 2 rings (SSSR count). The van der Waals surface area contributed by atoms with E-state index in [4.69, 9.17) is 9.47 Å². The van der Waals surface area contributed by atoms with Crippen molar-refractivity contribution in [2.75, 3.05) is 13.2 Å². The van der Waals surface area contributed by atoms with E-state index in [0.29, 0.717) is 0 Å². The Kier molecular flexibility index (Phi) is 3.94. The Balaban J connectivity index is 0.000000112. The summed E-state index contributed by atoms with van der Waals surface area (Å²) in [5.41, 5.74) is 0. The molecule has 2 aliphatic rings. The number of hydrogen-bond donors (Lipinski definition) is 0. The molecule has 62 valence electrons. The highest BCUT2D eigenvalue weighted by Gasteiger charge is 2.07. The highest BCUT2D eigenvalue weighted by atomic mass is 16.7. The van der Waals surface area contributed by atoms with E-state index in [1.807, 2.05) is 6.92 Å². The SMILES string of the molecule is C1=CCC=C1.CC1OCCO1. The van der Waals surface area contributed by atoms with E-state index in [0.717, 1.165) is 19.6 Å². The van der Waals surface area contributed by atoms with Gasteiger partial charge in [-0.05, 0) is 13.3 Å². The average molecular weight is 154 g/mol. The molecule has 0 unspecified atom stereocenters. The van der Waals surface area contributed by atoms with Crippen LogP contribution in [0, 0.1) is 0 Å². The van der Waals surface area contributed by atoms with Gasteiger partial charge in [0.05, 0.1) is 13.2 Å². The minimum Gasteiger partial charge on any atom is -0.351 e. The minimum atomic E-state index is 0.0463. The first kappa shape index (κ1) is 8.50. The Morgan fingerprint density at radius 3 is 1.82 bits per heavy atom. The summed E-state index contributed by atoms with van der Waals surface area (Å²) in [5, 5.41) is 0. The second-order valence-electron chi connectivity index (χ2n) is 2.40. The smallest absolute Gasteiger partial charge is 0.155 e. The van der Waals surface area contributed by atoms with E-state index in [-0.39, 0.29) is 6.29 Å². The molecule has 0 atom stereocenters. The van der Waals surface area contributed by atoms with Crippen LogP contribution in [-0.2, 0) is 9.47 Å². The Labute approximate surface area is 67.5 Å². The van der Waals surface area contributed by atoms with Crippen LogP contribution in [0.25, 0.3) is 0 Å². The molecule has 1 aliphatic heterocycles. The van der Waals surface area contributed by atoms with Crippen LogP contribution in [0.5, 0.6) is 0 Å². The largest absolute Gasteiger partial charge is 0.351 e. The highest BCUT2D eigenvalue weighted by Crippen LogP contribution is 1.99. The first-order valence-electron chi connectivity index (χ1n) is 3.94. The normalized spacial score (nSPS) is 21.9. The third kappa shape index (κ3) is 3.96. The van der Waals surface area contributed by atoms with Gasteiger partial charge in [0, 0.05) is 0 Å². The van der Waals surface area contributed by atoms with Crippen LogP contribution in [0.3, 0.4) is 0 Å². The fourth-order valence-corrected chi connectivity index (χ4v) is 0.869. The second kappa shape index (κ2) is 5.10. The van der Waals surface area contributed by atoms with Crippen molar-refractivity contribution in [3.63, 3.8) is 0 Å². The van der Waals surface area contributed by atoms with Crippen LogP contribution >= 0.6 is 0 Å². The number of rotatable bonds is 0. The molecule has 2 heteroatoms. The molecule has 2 nitrogen and oxygen atoms in total. The van der Waals surface area contributed by atoms with Gasteiger partial charge in [0.2, 0.25) is 0 Å². The summed E-state index contributed by atoms with van der Waals surface area (Å²) in [6.45, 7) is 3.43. The van der Waals surface area contributed by atoms with Gasteiger partial charge in [-0.15, -0.1) is 0 Å². The van der Waals surface area contributed by atoms with E-state index in [9.17, 15) is 0 Å². The third-order valence-corrected chi connectivity index (χ3v) is 1.44. The maximum atomic E-state index is 4.93. The summed E-state index contributed by atoms with van der Waals surface area (Å²) in [7, 11) is 0. The number of ether oxygens (including phenoxy) is 2. The zero-order valence-corrected chi connectivity index (χ0v) is 6.82. The Morgan fingerprint density at radius 1 is 1.09 bits per heavy atom. The molecule has 0 aromatic rings. The predicted octanol–water partition coefficient (Wildman–Crippen LogP) is 1.88. The standard InChI is InChI=1S/C5H6.C4H8O2/c1-2-4-5-3-1;1-4-5-2-3-6-4/h1-4H,5H2;4H,2-3H2,1H3. The van der Waals surface area contributed by atoms with Crippen molar-refractivity contribution >= 4 is 0 Å². The van der Waals surface area contributed by atoms with Gasteiger partial charge in [0.15, 0.2) is 6.29 Å². The van der Waals surface area contributed by atoms with Gasteiger partial charge in [-0.2, -0.15) is 0 Å². The van der Waals surface area contributed by atoms with Crippen molar-refractivity contribution < 1.29 is 9.47 Å². The van der Waals surface area contributed by atoms with Gasteiger partial charge >= 0.3 is 0 Å². The molecular weight excluding hydrogens is 140 g/mol. The molecule has 0 amide bonds. The molecule has 1 aliphatic carbocycles. The van der Waals surface area contributed by atoms with E-state index < -0.39 is 0 Å². The summed E-state index contributed by atoms with van der Waals surface area (Å²) >= 11 is 0. The topological polar surface area (TPSA) is 18.5 Å². The van der Waals surface area contributed by atoms with Crippen LogP contribution in [0.4, 0.5) is 0 Å². The fraction of sp³-hybridized carbons (Fsp3) is 0.556. The van der Waals surface area contributed by atoms with Crippen LogP contribution < -0.4 is 0 Å². The first-order valence-corrected chi connectivity index (χ1v) is 3.94. The molecular formula is C9H14O2. The maximum absolute atomic E-state index is 4.93. The van der Waals surface area contributed by atoms with Crippen molar-refractivity contribution in [3.05, 3.63) is 24.3 Å². The summed E-state index contributed by atoms with van der Waals surface area (Å²) in [6, 6.07) is 0. The number of allylic oxidation sites excluding steroid dienone is 4. The first-order chi connectivity index (χ1) is 5.39. The van der Waals surface area contributed by atoms with Crippen molar-refractivity contribution in [2.24, 2.45) is 0 Å². The quantitative estimate of drug-likeness (QED) is 0.530. The van der Waals surface area contributed by atoms with Crippen LogP contribution in [-0.4, -0.2) is 19.5 Å². The van der Waals surface area contributed by atoms with Crippen molar-refractivity contribution in [3.8, 4) is 0 Å². The molecule has 1 fully saturated rings. The van der Waals surface area contributed by atoms with Gasteiger partial charge in [0.1, 0.15) is 0 Å². The molecule has 1 saturated heterocycles. The molecule has 1 heterocycles. The van der Waals surface area contributed by atoms with E-state index in [2.05, 4.69) is 24.3 Å². The maximum Gasteiger partial charge on any atom is 0.155 e. The van der Waals surface area contributed by atoms with Gasteiger partial charge in [-0.25, -0.2) is 0 Å². The fourth-order valence-electron chi connectivity index (χ4n) is 0.869. The molecule has 0 bridgehead atoms. The summed E-state index contributed by atoms with van der Waals surface area (Å²) < 4.78 is 9.86. The van der Waals surface area contributed by atoms with Crippen LogP contribution in [0.15, 0.2) is 24.3 Å². The lowest BCUT2D eigenvalue weighted by molar-refractivity contribution is -0.0254. The van der Waals surface area contributed by atoms with Gasteiger partial charge < -0.3 is 9.47 Å². The van der Waals surface area contributed by atoms with Gasteiger partial charge in [-0.1, -0.05) is 24.3 Å². The molecule has 11 heavy (non-hydrogen) atoms. The average Bonchev–Trinajstić information content (AvgIpc) is 2.57. The Bertz CT molecular complexity index is 134. The highest BCUT2D eigenvalue weighted by molar-refractivity contribution is 5.11. The second-order valence-corrected chi connectivity index (χ2v) is 2.40. The molecule has 0 N–H and O–H groups in total. The zero-order chi connectivity index (χ0) is 7.94. The Hall–Kier alpha value is -0.600. The minimum absolute atomic E-state index is 0.0463. The Morgan fingerprint density at radius 2 is 1.64 bits per heavy atom. The molecule has 0 saturated carbocycles. The third-order valence-electron chi connectivity index (χ3n) is 1.44. The van der Waals surface area contributed by atoms with Gasteiger partial charge in [-0.3, -0.25) is 0 Å². The summed E-state index contributed by atoms with van der Waals surface area (Å²) in [5.74, 6) is 0. The van der Waals surface area contributed by atoms with E-state index in [1.165, 1.54) is 0 Å². The molecule has 0 aromatic carbocycles. The summed E-state index contributed by atoms with van der Waals surface area (Å²) in [6.07, 6.45) is 9.55. The van der Waals surface area contributed by atoms with Gasteiger partial charge in [0.25, 0.3) is 0 Å². The monoisotopic (exact) mass is 154 g/mol. The summed E-state index contributed by atoms with van der Waals surface area (Å²) in [4.78, 5) is 0. The lowest BCUT2D eigenvalue weighted by Gasteiger charge is -1.94. The zero-order valence-electron chi connectivity index (χ0n) is 6.82.